The Kier molecular flexibility index (Phi) is 4.23. The third kappa shape index (κ3) is 3.02. The highest BCUT2D eigenvalue weighted by Gasteiger charge is 2.09. The van der Waals surface area contributed by atoms with Crippen LogP contribution in [0, 0.1) is 0 Å². The van der Waals surface area contributed by atoms with Gasteiger partial charge in [-0.2, -0.15) is 0 Å². The van der Waals surface area contributed by atoms with Gasteiger partial charge in [-0.05, 0) is 35.1 Å². The van der Waals surface area contributed by atoms with Crippen molar-refractivity contribution < 1.29 is 0 Å². The van der Waals surface area contributed by atoms with Crippen molar-refractivity contribution in [2.45, 2.75) is 46.0 Å². The Morgan fingerprint density at radius 1 is 0.889 bits per heavy atom. The van der Waals surface area contributed by atoms with Crippen LogP contribution in [0.5, 0.6) is 0 Å². The summed E-state index contributed by atoms with van der Waals surface area (Å²) in [6.07, 6.45) is 1.08. The number of hydrogen-bond donors (Lipinski definition) is 0. The van der Waals surface area contributed by atoms with Crippen molar-refractivity contribution in [1.82, 2.24) is 0 Å². The summed E-state index contributed by atoms with van der Waals surface area (Å²) in [5.74, 6) is 1.25. The Bertz CT molecular complexity index is 506. The van der Waals surface area contributed by atoms with Gasteiger partial charge in [0.15, 0.2) is 0 Å². The molecule has 1 heterocycles. The maximum Gasteiger partial charge on any atom is 0.00922 e. The molecule has 1 aromatic heterocycles. The van der Waals surface area contributed by atoms with Crippen molar-refractivity contribution in [3.05, 3.63) is 57.3 Å². The summed E-state index contributed by atoms with van der Waals surface area (Å²) < 4.78 is 0. The molecule has 18 heavy (non-hydrogen) atoms. The second-order valence-electron chi connectivity index (χ2n) is 5.49. The third-order valence-electron chi connectivity index (χ3n) is 3.29. The van der Waals surface area contributed by atoms with Crippen LogP contribution >= 0.6 is 11.3 Å². The van der Waals surface area contributed by atoms with Crippen LogP contribution in [0.3, 0.4) is 0 Å². The average Bonchev–Trinajstić information content (AvgIpc) is 2.78. The van der Waals surface area contributed by atoms with E-state index in [-0.39, 0.29) is 0 Å². The summed E-state index contributed by atoms with van der Waals surface area (Å²) in [4.78, 5) is 2.97. The van der Waals surface area contributed by atoms with Gasteiger partial charge in [0, 0.05) is 16.2 Å². The van der Waals surface area contributed by atoms with Gasteiger partial charge in [-0.1, -0.05) is 52.0 Å². The highest BCUT2D eigenvalue weighted by Crippen LogP contribution is 2.28. The van der Waals surface area contributed by atoms with E-state index in [0.29, 0.717) is 11.8 Å². The van der Waals surface area contributed by atoms with Gasteiger partial charge < -0.3 is 0 Å². The number of benzene rings is 1. The van der Waals surface area contributed by atoms with Crippen LogP contribution in [0.25, 0.3) is 0 Å². The Hall–Kier alpha value is -1.08. The number of thiophene rings is 1. The van der Waals surface area contributed by atoms with Gasteiger partial charge in [0.05, 0.1) is 0 Å². The lowest BCUT2D eigenvalue weighted by atomic mass is 9.95. The van der Waals surface area contributed by atoms with Gasteiger partial charge in [-0.25, -0.2) is 0 Å². The van der Waals surface area contributed by atoms with Crippen molar-refractivity contribution in [3.63, 3.8) is 0 Å². The lowest BCUT2D eigenvalue weighted by Crippen LogP contribution is -1.95. The lowest BCUT2D eigenvalue weighted by molar-refractivity contribution is 0.849. The number of hydrogen-bond acceptors (Lipinski definition) is 1. The van der Waals surface area contributed by atoms with E-state index in [2.05, 4.69) is 64.1 Å². The molecule has 0 aliphatic heterocycles. The third-order valence-corrected chi connectivity index (χ3v) is 4.68. The fourth-order valence-electron chi connectivity index (χ4n) is 2.25. The molecule has 2 aromatic rings. The van der Waals surface area contributed by atoms with Crippen molar-refractivity contribution in [2.24, 2.45) is 0 Å². The normalized spacial score (nSPS) is 11.4. The van der Waals surface area contributed by atoms with Crippen LogP contribution < -0.4 is 0 Å². The molecule has 0 radical (unpaired) electrons. The van der Waals surface area contributed by atoms with Crippen molar-refractivity contribution in [2.75, 3.05) is 0 Å². The van der Waals surface area contributed by atoms with Gasteiger partial charge >= 0.3 is 0 Å². The Morgan fingerprint density at radius 2 is 1.61 bits per heavy atom. The van der Waals surface area contributed by atoms with E-state index in [1.807, 2.05) is 11.3 Å². The highest BCUT2D eigenvalue weighted by atomic mass is 32.1. The molecule has 2 rings (SSSR count). The monoisotopic (exact) mass is 258 g/mol. The molecule has 0 unspecified atom stereocenters. The molecule has 0 aliphatic carbocycles. The van der Waals surface area contributed by atoms with Crippen molar-refractivity contribution >= 4 is 11.3 Å². The zero-order valence-corrected chi connectivity index (χ0v) is 12.6. The molecule has 0 atom stereocenters. The summed E-state index contributed by atoms with van der Waals surface area (Å²) in [5.41, 5.74) is 2.96. The van der Waals surface area contributed by atoms with Gasteiger partial charge in [0.2, 0.25) is 0 Å². The number of rotatable bonds is 4. The van der Waals surface area contributed by atoms with Gasteiger partial charge in [-0.15, -0.1) is 11.3 Å². The van der Waals surface area contributed by atoms with Crippen LogP contribution in [-0.4, -0.2) is 0 Å². The molecule has 0 spiro atoms. The van der Waals surface area contributed by atoms with E-state index in [9.17, 15) is 0 Å². The summed E-state index contributed by atoms with van der Waals surface area (Å²) >= 11 is 1.96. The van der Waals surface area contributed by atoms with Crippen LogP contribution in [0.1, 0.15) is 60.4 Å². The average molecular weight is 258 g/mol. The second kappa shape index (κ2) is 5.71. The minimum absolute atomic E-state index is 0.603. The fraction of sp³-hybridized carbons (Fsp3) is 0.412. The van der Waals surface area contributed by atoms with Crippen LogP contribution in [0.2, 0.25) is 0 Å². The zero-order valence-electron chi connectivity index (χ0n) is 11.7. The molecule has 0 fully saturated rings. The Morgan fingerprint density at radius 3 is 2.22 bits per heavy atom. The molecule has 96 valence electrons. The standard InChI is InChI=1S/C17H22S/c1-12(2)16-8-6-5-7-14(16)11-15-9-10-17(18-15)13(3)4/h5-10,12-13H,11H2,1-4H3. The minimum Gasteiger partial charge on any atom is -0.145 e. The molecular formula is C17H22S. The summed E-state index contributed by atoms with van der Waals surface area (Å²) in [6.45, 7) is 9.06. The molecule has 1 heteroatoms. The maximum atomic E-state index is 2.29. The first-order valence-corrected chi connectivity index (χ1v) is 7.56. The Labute approximate surface area is 115 Å². The topological polar surface area (TPSA) is 0 Å². The van der Waals surface area contributed by atoms with E-state index < -0.39 is 0 Å². The zero-order chi connectivity index (χ0) is 13.1. The summed E-state index contributed by atoms with van der Waals surface area (Å²) in [7, 11) is 0. The minimum atomic E-state index is 0.603. The van der Waals surface area contributed by atoms with Gasteiger partial charge in [-0.3, -0.25) is 0 Å². The lowest BCUT2D eigenvalue weighted by Gasteiger charge is -2.11. The first-order chi connectivity index (χ1) is 8.58. The molecule has 1 aromatic carbocycles. The van der Waals surface area contributed by atoms with Crippen LogP contribution in [0.15, 0.2) is 36.4 Å². The summed E-state index contributed by atoms with van der Waals surface area (Å²) in [6, 6.07) is 13.4. The smallest absolute Gasteiger partial charge is 0.00922 e. The summed E-state index contributed by atoms with van der Waals surface area (Å²) in [5, 5.41) is 0. The quantitative estimate of drug-likeness (QED) is 0.671. The van der Waals surface area contributed by atoms with Gasteiger partial charge in [0.1, 0.15) is 0 Å². The predicted octanol–water partition coefficient (Wildman–Crippen LogP) is 5.59. The molecule has 0 nitrogen and oxygen atoms in total. The Balaban J connectivity index is 2.23. The second-order valence-corrected chi connectivity index (χ2v) is 6.69. The SMILES string of the molecule is CC(C)c1ccc(Cc2ccccc2C(C)C)s1. The van der Waals surface area contributed by atoms with E-state index in [4.69, 9.17) is 0 Å². The molecule has 0 aliphatic rings. The highest BCUT2D eigenvalue weighted by molar-refractivity contribution is 7.12. The predicted molar refractivity (Wildman–Crippen MR) is 81.7 cm³/mol. The fourth-order valence-corrected chi connectivity index (χ4v) is 3.28. The van der Waals surface area contributed by atoms with E-state index in [1.165, 1.54) is 20.9 Å². The largest absolute Gasteiger partial charge is 0.145 e. The molecule has 0 saturated carbocycles. The van der Waals surface area contributed by atoms with Crippen molar-refractivity contribution in [3.8, 4) is 0 Å². The van der Waals surface area contributed by atoms with Crippen LogP contribution in [0.4, 0.5) is 0 Å². The molecule has 0 N–H and O–H groups in total. The molecule has 0 bridgehead atoms. The molecule has 0 saturated heterocycles. The van der Waals surface area contributed by atoms with Gasteiger partial charge in [0.25, 0.3) is 0 Å². The van der Waals surface area contributed by atoms with E-state index in [1.54, 1.807) is 0 Å². The maximum absolute atomic E-state index is 2.29. The van der Waals surface area contributed by atoms with E-state index in [0.717, 1.165) is 6.42 Å². The van der Waals surface area contributed by atoms with E-state index >= 15 is 0 Å². The van der Waals surface area contributed by atoms with Crippen molar-refractivity contribution in [1.29, 1.82) is 0 Å². The first-order valence-electron chi connectivity index (χ1n) is 6.74. The first kappa shape index (κ1) is 13.4. The molecular weight excluding hydrogens is 236 g/mol. The molecule has 0 amide bonds. The van der Waals surface area contributed by atoms with Crippen LogP contribution in [-0.2, 0) is 6.42 Å².